The summed E-state index contributed by atoms with van der Waals surface area (Å²) in [5.74, 6) is 1.59. The van der Waals surface area contributed by atoms with Gasteiger partial charge >= 0.3 is 0 Å². The molecule has 0 aliphatic carbocycles. The van der Waals surface area contributed by atoms with Crippen LogP contribution in [0.3, 0.4) is 0 Å². The third kappa shape index (κ3) is 7.38. The highest BCUT2D eigenvalue weighted by Crippen LogP contribution is 2.27. The lowest BCUT2D eigenvalue weighted by Gasteiger charge is -2.19. The normalized spacial score (nSPS) is 11.4. The lowest BCUT2D eigenvalue weighted by molar-refractivity contribution is 0.481. The number of hydrogen-bond acceptors (Lipinski definition) is 1. The quantitative estimate of drug-likeness (QED) is 0.427. The molecule has 0 spiro atoms. The Labute approximate surface area is 175 Å². The van der Waals surface area contributed by atoms with Gasteiger partial charge in [0.15, 0.2) is 0 Å². The second-order valence-corrected chi connectivity index (χ2v) is 9.45. The van der Waals surface area contributed by atoms with E-state index in [1.165, 1.54) is 28.8 Å². The van der Waals surface area contributed by atoms with Gasteiger partial charge in [-0.1, -0.05) is 83.5 Å². The van der Waals surface area contributed by atoms with Gasteiger partial charge in [0, 0.05) is 0 Å². The minimum Gasteiger partial charge on any atom is -0.457 e. The van der Waals surface area contributed by atoms with Gasteiger partial charge in [-0.05, 0) is 65.3 Å². The molecular formula is C27H33FO. The van der Waals surface area contributed by atoms with E-state index >= 15 is 0 Å². The Morgan fingerprint density at radius 2 is 0.897 bits per heavy atom. The Morgan fingerprint density at radius 3 is 1.28 bits per heavy atom. The van der Waals surface area contributed by atoms with Crippen molar-refractivity contribution in [1.82, 2.24) is 0 Å². The number of benzene rings is 3. The number of halogens is 1. The molecule has 154 valence electrons. The van der Waals surface area contributed by atoms with Crippen molar-refractivity contribution in [2.24, 2.45) is 0 Å². The highest BCUT2D eigenvalue weighted by molar-refractivity contribution is 5.36. The maximum absolute atomic E-state index is 12.5. The fourth-order valence-corrected chi connectivity index (χ4v) is 2.72. The predicted octanol–water partition coefficient (Wildman–Crippen LogP) is 8.21. The molecule has 0 atom stereocenters. The number of aryl methyl sites for hydroxylation is 1. The zero-order valence-electron chi connectivity index (χ0n) is 18.7. The molecule has 3 rings (SSSR count). The highest BCUT2D eigenvalue weighted by Gasteiger charge is 2.13. The molecule has 0 amide bonds. The largest absolute Gasteiger partial charge is 0.457 e. The number of hydrogen-bond donors (Lipinski definition) is 0. The second kappa shape index (κ2) is 9.26. The van der Waals surface area contributed by atoms with E-state index in [-0.39, 0.29) is 16.6 Å². The van der Waals surface area contributed by atoms with Crippen LogP contribution in [0.2, 0.25) is 0 Å². The summed E-state index contributed by atoms with van der Waals surface area (Å²) in [5.41, 5.74) is 4.03. The zero-order chi connectivity index (χ0) is 21.7. The lowest BCUT2D eigenvalue weighted by atomic mass is 9.87. The predicted molar refractivity (Wildman–Crippen MR) is 121 cm³/mol. The summed E-state index contributed by atoms with van der Waals surface area (Å²) in [6, 6.07) is 23.1. The van der Waals surface area contributed by atoms with E-state index in [1.54, 1.807) is 0 Å². The van der Waals surface area contributed by atoms with Crippen LogP contribution in [0.4, 0.5) is 4.39 Å². The maximum atomic E-state index is 12.5. The molecule has 0 radical (unpaired) electrons. The van der Waals surface area contributed by atoms with Gasteiger partial charge in [0.25, 0.3) is 0 Å². The van der Waals surface area contributed by atoms with E-state index in [1.807, 2.05) is 36.4 Å². The fraction of sp³-hybridized carbons (Fsp3) is 0.333. The van der Waals surface area contributed by atoms with Gasteiger partial charge in [-0.25, -0.2) is 4.39 Å². The van der Waals surface area contributed by atoms with Crippen LogP contribution in [-0.2, 0) is 10.8 Å². The van der Waals surface area contributed by atoms with Crippen LogP contribution in [0.5, 0.6) is 11.5 Å². The Bertz CT molecular complexity index is 878. The van der Waals surface area contributed by atoms with Crippen LogP contribution in [0.15, 0.2) is 72.8 Å². The maximum Gasteiger partial charge on any atom is 0.127 e. The molecule has 3 aromatic rings. The molecule has 29 heavy (non-hydrogen) atoms. The summed E-state index contributed by atoms with van der Waals surface area (Å²) in [6.07, 6.45) is 0. The van der Waals surface area contributed by atoms with Crippen molar-refractivity contribution in [2.75, 3.05) is 0 Å². The van der Waals surface area contributed by atoms with Crippen molar-refractivity contribution in [3.05, 3.63) is 95.3 Å². The van der Waals surface area contributed by atoms with Crippen LogP contribution in [0, 0.1) is 12.7 Å². The Morgan fingerprint density at radius 1 is 0.552 bits per heavy atom. The van der Waals surface area contributed by atoms with Gasteiger partial charge in [-0.3, -0.25) is 0 Å². The van der Waals surface area contributed by atoms with Crippen LogP contribution >= 0.6 is 0 Å². The molecule has 0 unspecified atom stereocenters. The Balaban J connectivity index is 0.000000234. The molecule has 0 fully saturated rings. The standard InChI is InChI=1S/C17H20O.C10H13F/c1-13-5-9-15(10-6-13)18-16-11-7-14(8-12-16)17(2,3)4;1-10(2,3)8-4-6-9(11)7-5-8/h5-12H,1-4H3;4-7H,1-3H3. The molecule has 0 aliphatic heterocycles. The van der Waals surface area contributed by atoms with Crippen molar-refractivity contribution in [1.29, 1.82) is 0 Å². The van der Waals surface area contributed by atoms with Gasteiger partial charge < -0.3 is 4.74 Å². The average Bonchev–Trinajstić information content (AvgIpc) is 2.63. The third-order valence-electron chi connectivity index (χ3n) is 4.69. The first-order valence-corrected chi connectivity index (χ1v) is 10.1. The topological polar surface area (TPSA) is 9.23 Å². The SMILES string of the molecule is CC(C)(C)c1ccc(F)cc1.Cc1ccc(Oc2ccc(C(C)(C)C)cc2)cc1. The smallest absolute Gasteiger partial charge is 0.127 e. The fourth-order valence-electron chi connectivity index (χ4n) is 2.72. The summed E-state index contributed by atoms with van der Waals surface area (Å²) in [4.78, 5) is 0. The molecule has 3 aromatic carbocycles. The Hall–Kier alpha value is -2.61. The lowest BCUT2D eigenvalue weighted by Crippen LogP contribution is -2.10. The van der Waals surface area contributed by atoms with Crippen LogP contribution in [-0.4, -0.2) is 0 Å². The summed E-state index contributed by atoms with van der Waals surface area (Å²) in [7, 11) is 0. The third-order valence-corrected chi connectivity index (χ3v) is 4.69. The average molecular weight is 393 g/mol. The van der Waals surface area contributed by atoms with Gasteiger partial charge in [0.2, 0.25) is 0 Å². The first-order valence-electron chi connectivity index (χ1n) is 10.1. The first kappa shape index (κ1) is 22.7. The van der Waals surface area contributed by atoms with E-state index < -0.39 is 0 Å². The van der Waals surface area contributed by atoms with Gasteiger partial charge in [0.05, 0.1) is 0 Å². The van der Waals surface area contributed by atoms with Gasteiger partial charge in [0.1, 0.15) is 17.3 Å². The first-order chi connectivity index (χ1) is 13.4. The van der Waals surface area contributed by atoms with Crippen molar-refractivity contribution < 1.29 is 9.13 Å². The molecule has 0 saturated carbocycles. The molecule has 0 bridgehead atoms. The summed E-state index contributed by atoms with van der Waals surface area (Å²) >= 11 is 0. The molecule has 0 N–H and O–H groups in total. The molecule has 1 nitrogen and oxygen atoms in total. The van der Waals surface area contributed by atoms with Crippen LogP contribution < -0.4 is 4.74 Å². The van der Waals surface area contributed by atoms with Gasteiger partial charge in [-0.15, -0.1) is 0 Å². The summed E-state index contributed by atoms with van der Waals surface area (Å²) < 4.78 is 18.3. The van der Waals surface area contributed by atoms with Crippen molar-refractivity contribution in [3.63, 3.8) is 0 Å². The van der Waals surface area contributed by atoms with E-state index in [0.29, 0.717) is 0 Å². The monoisotopic (exact) mass is 392 g/mol. The molecule has 0 heterocycles. The summed E-state index contributed by atoms with van der Waals surface area (Å²) in [5, 5.41) is 0. The van der Waals surface area contributed by atoms with Gasteiger partial charge in [-0.2, -0.15) is 0 Å². The van der Waals surface area contributed by atoms with Crippen molar-refractivity contribution in [2.45, 2.75) is 59.3 Å². The van der Waals surface area contributed by atoms with Crippen molar-refractivity contribution >= 4 is 0 Å². The molecule has 0 aliphatic rings. The second-order valence-electron chi connectivity index (χ2n) is 9.45. The van der Waals surface area contributed by atoms with Crippen molar-refractivity contribution in [3.8, 4) is 11.5 Å². The van der Waals surface area contributed by atoms with E-state index in [9.17, 15) is 4.39 Å². The zero-order valence-corrected chi connectivity index (χ0v) is 18.7. The molecule has 2 heteroatoms. The molecular weight excluding hydrogens is 359 g/mol. The van der Waals surface area contributed by atoms with E-state index in [2.05, 4.69) is 72.7 Å². The molecule has 0 saturated heterocycles. The number of rotatable bonds is 2. The highest BCUT2D eigenvalue weighted by atomic mass is 19.1. The number of ether oxygens (including phenoxy) is 1. The van der Waals surface area contributed by atoms with Crippen LogP contribution in [0.1, 0.15) is 58.2 Å². The summed E-state index contributed by atoms with van der Waals surface area (Å²) in [6.45, 7) is 15.0. The minimum absolute atomic E-state index is 0.119. The van der Waals surface area contributed by atoms with E-state index in [4.69, 9.17) is 4.74 Å². The minimum atomic E-state index is -0.169. The van der Waals surface area contributed by atoms with E-state index in [0.717, 1.165) is 11.5 Å². The molecule has 0 aromatic heterocycles. The Kier molecular flexibility index (Phi) is 7.24. The van der Waals surface area contributed by atoms with Crippen LogP contribution in [0.25, 0.3) is 0 Å².